The number of nitrogens with one attached hydrogen (secondary N) is 1. The van der Waals surface area contributed by atoms with Crippen LogP contribution in [0.15, 0.2) is 11.3 Å². The Balaban J connectivity index is 4.84. The number of hydrogen-bond acceptors (Lipinski definition) is 1. The molecule has 0 aromatic heterocycles. The second-order valence-corrected chi connectivity index (χ2v) is 4.24. The third kappa shape index (κ3) is 3.95. The lowest BCUT2D eigenvalue weighted by molar-refractivity contribution is -0.118. The number of hydrogen-bond donors (Lipinski definition) is 1. The first-order chi connectivity index (χ1) is 6.40. The molecule has 0 aromatic rings. The number of amides is 1. The zero-order chi connectivity index (χ0) is 11.3. The van der Waals surface area contributed by atoms with Gasteiger partial charge in [-0.2, -0.15) is 0 Å². The normalized spacial score (nSPS) is 15.1. The molecule has 1 amide bonds. The van der Waals surface area contributed by atoms with Gasteiger partial charge < -0.3 is 5.32 Å². The molecule has 0 radical (unpaired) electrons. The zero-order valence-corrected chi connectivity index (χ0v) is 10.3. The third-order valence-electron chi connectivity index (χ3n) is 2.66. The van der Waals surface area contributed by atoms with Crippen LogP contribution in [0.1, 0.15) is 48.0 Å². The molecule has 0 aliphatic heterocycles. The molecule has 82 valence electrons. The quantitative estimate of drug-likeness (QED) is 0.737. The van der Waals surface area contributed by atoms with Crippen LogP contribution in [-0.4, -0.2) is 5.91 Å². The average molecular weight is 197 g/mol. The average Bonchev–Trinajstić information content (AvgIpc) is 2.11. The summed E-state index contributed by atoms with van der Waals surface area (Å²) in [5.41, 5.74) is 2.39. The third-order valence-corrected chi connectivity index (χ3v) is 2.66. The Labute approximate surface area is 87.8 Å². The zero-order valence-electron chi connectivity index (χ0n) is 10.3. The standard InChI is InChI=1S/C12H23NO/c1-7-9(4)10(5)12(8(2)3)13-11(6)14/h8-9H,7H2,1-6H3,(H,13,14)/b12-10-/t9-/m1/s1. The molecule has 1 N–H and O–H groups in total. The Morgan fingerprint density at radius 1 is 1.21 bits per heavy atom. The summed E-state index contributed by atoms with van der Waals surface area (Å²) in [7, 11) is 0. The molecule has 0 rings (SSSR count). The van der Waals surface area contributed by atoms with Gasteiger partial charge >= 0.3 is 0 Å². The van der Waals surface area contributed by atoms with E-state index >= 15 is 0 Å². The van der Waals surface area contributed by atoms with Gasteiger partial charge in [-0.05, 0) is 25.2 Å². The molecular weight excluding hydrogens is 174 g/mol. The Morgan fingerprint density at radius 2 is 1.71 bits per heavy atom. The summed E-state index contributed by atoms with van der Waals surface area (Å²) in [6.45, 7) is 12.2. The fraction of sp³-hybridized carbons (Fsp3) is 0.750. The molecule has 14 heavy (non-hydrogen) atoms. The van der Waals surface area contributed by atoms with E-state index in [1.807, 2.05) is 0 Å². The van der Waals surface area contributed by atoms with Crippen molar-refractivity contribution in [3.63, 3.8) is 0 Å². The van der Waals surface area contributed by atoms with Crippen LogP contribution < -0.4 is 5.32 Å². The van der Waals surface area contributed by atoms with E-state index in [1.165, 1.54) is 5.57 Å². The van der Waals surface area contributed by atoms with Crippen LogP contribution in [0.3, 0.4) is 0 Å². The van der Waals surface area contributed by atoms with Crippen molar-refractivity contribution in [2.75, 3.05) is 0 Å². The van der Waals surface area contributed by atoms with Crippen molar-refractivity contribution >= 4 is 5.91 Å². The van der Waals surface area contributed by atoms with Crippen molar-refractivity contribution < 1.29 is 4.79 Å². The fourth-order valence-corrected chi connectivity index (χ4v) is 1.46. The van der Waals surface area contributed by atoms with Crippen LogP contribution in [0.5, 0.6) is 0 Å². The molecule has 0 unspecified atom stereocenters. The highest BCUT2D eigenvalue weighted by molar-refractivity contribution is 5.75. The van der Waals surface area contributed by atoms with E-state index in [1.54, 1.807) is 6.92 Å². The van der Waals surface area contributed by atoms with Gasteiger partial charge in [-0.1, -0.05) is 33.3 Å². The topological polar surface area (TPSA) is 29.1 Å². The Hall–Kier alpha value is -0.790. The minimum atomic E-state index is 0.0244. The molecule has 0 aliphatic rings. The fourth-order valence-electron chi connectivity index (χ4n) is 1.46. The van der Waals surface area contributed by atoms with Gasteiger partial charge in [-0.25, -0.2) is 0 Å². The van der Waals surface area contributed by atoms with Crippen LogP contribution in [0.2, 0.25) is 0 Å². The molecule has 0 spiro atoms. The number of carbonyl (C=O) groups is 1. The van der Waals surface area contributed by atoms with Gasteiger partial charge in [0.2, 0.25) is 5.91 Å². The predicted octanol–water partition coefficient (Wildman–Crippen LogP) is 3.10. The molecule has 2 nitrogen and oxygen atoms in total. The summed E-state index contributed by atoms with van der Waals surface area (Å²) < 4.78 is 0. The first-order valence-corrected chi connectivity index (χ1v) is 5.38. The van der Waals surface area contributed by atoms with E-state index in [0.29, 0.717) is 11.8 Å². The minimum absolute atomic E-state index is 0.0244. The lowest BCUT2D eigenvalue weighted by atomic mass is 9.94. The molecule has 1 atom stereocenters. The van der Waals surface area contributed by atoms with Crippen LogP contribution in [-0.2, 0) is 4.79 Å². The first kappa shape index (κ1) is 13.2. The number of carbonyl (C=O) groups excluding carboxylic acids is 1. The van der Waals surface area contributed by atoms with E-state index in [2.05, 4.69) is 39.9 Å². The van der Waals surface area contributed by atoms with Crippen LogP contribution >= 0.6 is 0 Å². The molecule has 0 saturated carbocycles. The van der Waals surface area contributed by atoms with Crippen molar-refractivity contribution in [3.05, 3.63) is 11.3 Å². The molecule has 2 heteroatoms. The summed E-state index contributed by atoms with van der Waals surface area (Å²) in [6, 6.07) is 0. The Bertz CT molecular complexity index is 228. The number of rotatable bonds is 4. The monoisotopic (exact) mass is 197 g/mol. The molecule has 0 saturated heterocycles. The molecule has 0 aromatic carbocycles. The Kier molecular flexibility index (Phi) is 5.51. The van der Waals surface area contributed by atoms with Crippen LogP contribution in [0, 0.1) is 11.8 Å². The largest absolute Gasteiger partial charge is 0.330 e. The highest BCUT2D eigenvalue weighted by atomic mass is 16.1. The molecule has 0 heterocycles. The SMILES string of the molecule is CC[C@@H](C)/C(C)=C(\NC(C)=O)C(C)C. The van der Waals surface area contributed by atoms with E-state index < -0.39 is 0 Å². The predicted molar refractivity (Wildman–Crippen MR) is 60.8 cm³/mol. The summed E-state index contributed by atoms with van der Waals surface area (Å²) >= 11 is 0. The van der Waals surface area contributed by atoms with Gasteiger partial charge in [-0.3, -0.25) is 4.79 Å². The smallest absolute Gasteiger partial charge is 0.221 e. The lowest BCUT2D eigenvalue weighted by Gasteiger charge is -2.20. The Morgan fingerprint density at radius 3 is 2.00 bits per heavy atom. The minimum Gasteiger partial charge on any atom is -0.330 e. The van der Waals surface area contributed by atoms with E-state index in [4.69, 9.17) is 0 Å². The van der Waals surface area contributed by atoms with Gasteiger partial charge in [0, 0.05) is 12.6 Å². The van der Waals surface area contributed by atoms with Crippen molar-refractivity contribution in [2.45, 2.75) is 48.0 Å². The second-order valence-electron chi connectivity index (χ2n) is 4.24. The van der Waals surface area contributed by atoms with E-state index in [0.717, 1.165) is 12.1 Å². The molecular formula is C12H23NO. The lowest BCUT2D eigenvalue weighted by Crippen LogP contribution is -2.25. The molecule has 0 aliphatic carbocycles. The van der Waals surface area contributed by atoms with Crippen molar-refractivity contribution in [1.82, 2.24) is 5.32 Å². The second kappa shape index (κ2) is 5.84. The number of allylic oxidation sites excluding steroid dienone is 2. The summed E-state index contributed by atoms with van der Waals surface area (Å²) in [5, 5.41) is 2.94. The van der Waals surface area contributed by atoms with Crippen LogP contribution in [0.4, 0.5) is 0 Å². The molecule has 0 bridgehead atoms. The van der Waals surface area contributed by atoms with Crippen molar-refractivity contribution in [2.24, 2.45) is 11.8 Å². The van der Waals surface area contributed by atoms with Crippen molar-refractivity contribution in [1.29, 1.82) is 0 Å². The van der Waals surface area contributed by atoms with Gasteiger partial charge in [0.05, 0.1) is 0 Å². The molecule has 0 fully saturated rings. The maximum Gasteiger partial charge on any atom is 0.221 e. The van der Waals surface area contributed by atoms with E-state index in [9.17, 15) is 4.79 Å². The highest BCUT2D eigenvalue weighted by Gasteiger charge is 2.12. The summed E-state index contributed by atoms with van der Waals surface area (Å²) in [5.74, 6) is 0.948. The summed E-state index contributed by atoms with van der Waals surface area (Å²) in [6.07, 6.45) is 1.11. The maximum atomic E-state index is 11.0. The van der Waals surface area contributed by atoms with Gasteiger partial charge in [0.15, 0.2) is 0 Å². The van der Waals surface area contributed by atoms with Gasteiger partial charge in [0.1, 0.15) is 0 Å². The van der Waals surface area contributed by atoms with Gasteiger partial charge in [-0.15, -0.1) is 0 Å². The van der Waals surface area contributed by atoms with Crippen molar-refractivity contribution in [3.8, 4) is 0 Å². The first-order valence-electron chi connectivity index (χ1n) is 5.38. The maximum absolute atomic E-state index is 11.0. The summed E-state index contributed by atoms with van der Waals surface area (Å²) in [4.78, 5) is 11.0. The van der Waals surface area contributed by atoms with E-state index in [-0.39, 0.29) is 5.91 Å². The highest BCUT2D eigenvalue weighted by Crippen LogP contribution is 2.21. The van der Waals surface area contributed by atoms with Gasteiger partial charge in [0.25, 0.3) is 0 Å². The van der Waals surface area contributed by atoms with Crippen LogP contribution in [0.25, 0.3) is 0 Å².